The van der Waals surface area contributed by atoms with Gasteiger partial charge in [0.2, 0.25) is 0 Å². The maximum atomic E-state index is 5.54. The van der Waals surface area contributed by atoms with Crippen LogP contribution in [0.25, 0.3) is 0 Å². The second kappa shape index (κ2) is 4.83. The third kappa shape index (κ3) is 3.55. The van der Waals surface area contributed by atoms with Gasteiger partial charge in [-0.05, 0) is 32.6 Å². The van der Waals surface area contributed by atoms with E-state index in [1.54, 1.807) is 0 Å². The van der Waals surface area contributed by atoms with Gasteiger partial charge in [0.15, 0.2) is 0 Å². The molecule has 1 rings (SSSR count). The molecule has 0 atom stereocenters. The van der Waals surface area contributed by atoms with E-state index in [0.29, 0.717) is 6.10 Å². The van der Waals surface area contributed by atoms with E-state index in [9.17, 15) is 0 Å². The number of nitrogens with zero attached hydrogens (tertiary/aromatic N) is 1. The van der Waals surface area contributed by atoms with Crippen LogP contribution >= 0.6 is 0 Å². The molecular weight excluding hydrogens is 150 g/mol. The minimum atomic E-state index is 0.365. The molecule has 2 nitrogen and oxygen atoms in total. The molecule has 0 aromatic rings. The van der Waals surface area contributed by atoms with Gasteiger partial charge in [0.1, 0.15) is 0 Å². The molecule has 0 aliphatic carbocycles. The predicted molar refractivity (Wildman–Crippen MR) is 51.1 cm³/mol. The zero-order chi connectivity index (χ0) is 8.97. The van der Waals surface area contributed by atoms with Crippen molar-refractivity contribution in [2.45, 2.75) is 39.7 Å². The fraction of sp³-hybridized carbons (Fsp3) is 1.00. The summed E-state index contributed by atoms with van der Waals surface area (Å²) < 4.78 is 5.54. The molecular formula is C10H21NO. The molecule has 0 bridgehead atoms. The van der Waals surface area contributed by atoms with Gasteiger partial charge in [-0.3, -0.25) is 4.90 Å². The van der Waals surface area contributed by atoms with Gasteiger partial charge < -0.3 is 4.74 Å². The lowest BCUT2D eigenvalue weighted by Crippen LogP contribution is -2.35. The fourth-order valence-electron chi connectivity index (χ4n) is 1.45. The Morgan fingerprint density at radius 1 is 1.33 bits per heavy atom. The van der Waals surface area contributed by atoms with Gasteiger partial charge in [-0.25, -0.2) is 0 Å². The van der Waals surface area contributed by atoms with Crippen molar-refractivity contribution in [3.8, 4) is 0 Å². The van der Waals surface area contributed by atoms with Crippen molar-refractivity contribution in [2.24, 2.45) is 5.92 Å². The molecule has 0 unspecified atom stereocenters. The van der Waals surface area contributed by atoms with Gasteiger partial charge in [0.05, 0.1) is 12.8 Å². The molecule has 0 saturated carbocycles. The molecule has 1 fully saturated rings. The summed E-state index contributed by atoms with van der Waals surface area (Å²) in [6.07, 6.45) is 3.03. The van der Waals surface area contributed by atoms with Gasteiger partial charge in [0, 0.05) is 13.1 Å². The normalized spacial score (nSPS) is 22.0. The number of ether oxygens (including phenoxy) is 1. The Labute approximate surface area is 75.9 Å². The van der Waals surface area contributed by atoms with E-state index in [-0.39, 0.29) is 0 Å². The summed E-state index contributed by atoms with van der Waals surface area (Å²) in [5.74, 6) is 0.917. The zero-order valence-electron chi connectivity index (χ0n) is 8.55. The summed E-state index contributed by atoms with van der Waals surface area (Å²) in [6.45, 7) is 9.77. The third-order valence-corrected chi connectivity index (χ3v) is 2.47. The highest BCUT2D eigenvalue weighted by Crippen LogP contribution is 2.15. The Morgan fingerprint density at radius 2 is 1.92 bits per heavy atom. The number of hydrogen-bond acceptors (Lipinski definition) is 2. The lowest BCUT2D eigenvalue weighted by atomic mass is 10.00. The van der Waals surface area contributed by atoms with E-state index in [0.717, 1.165) is 12.6 Å². The van der Waals surface area contributed by atoms with Crippen LogP contribution in [0.15, 0.2) is 0 Å². The SMILES string of the molecule is CC1CCN(COC(C)C)CC1. The summed E-state index contributed by atoms with van der Waals surface area (Å²) in [5.41, 5.74) is 0. The van der Waals surface area contributed by atoms with E-state index in [4.69, 9.17) is 4.74 Å². The van der Waals surface area contributed by atoms with Crippen LogP contribution in [0.3, 0.4) is 0 Å². The molecule has 0 aromatic heterocycles. The van der Waals surface area contributed by atoms with Crippen molar-refractivity contribution in [3.63, 3.8) is 0 Å². The maximum absolute atomic E-state index is 5.54. The van der Waals surface area contributed by atoms with Crippen LogP contribution < -0.4 is 0 Å². The van der Waals surface area contributed by atoms with E-state index in [2.05, 4.69) is 25.7 Å². The predicted octanol–water partition coefficient (Wildman–Crippen LogP) is 2.10. The average molecular weight is 171 g/mol. The Kier molecular flexibility index (Phi) is 4.02. The third-order valence-electron chi connectivity index (χ3n) is 2.47. The number of likely N-dealkylation sites (tertiary alicyclic amines) is 1. The molecule has 1 aliphatic rings. The molecule has 72 valence electrons. The molecule has 2 heteroatoms. The first kappa shape index (κ1) is 10.0. The second-order valence-corrected chi connectivity index (χ2v) is 4.15. The summed E-state index contributed by atoms with van der Waals surface area (Å²) >= 11 is 0. The van der Waals surface area contributed by atoms with Gasteiger partial charge >= 0.3 is 0 Å². The Hall–Kier alpha value is -0.0800. The molecule has 1 heterocycles. The minimum absolute atomic E-state index is 0.365. The van der Waals surface area contributed by atoms with Gasteiger partial charge in [0.25, 0.3) is 0 Å². The molecule has 0 N–H and O–H groups in total. The van der Waals surface area contributed by atoms with Crippen molar-refractivity contribution in [2.75, 3.05) is 19.8 Å². The van der Waals surface area contributed by atoms with Crippen molar-refractivity contribution in [3.05, 3.63) is 0 Å². The van der Waals surface area contributed by atoms with Crippen LogP contribution in [-0.4, -0.2) is 30.8 Å². The van der Waals surface area contributed by atoms with Gasteiger partial charge in [-0.2, -0.15) is 0 Å². The molecule has 0 amide bonds. The standard InChI is InChI=1S/C10H21NO/c1-9(2)12-8-11-6-4-10(3)5-7-11/h9-10H,4-8H2,1-3H3. The van der Waals surface area contributed by atoms with E-state index in [1.165, 1.54) is 25.9 Å². The Morgan fingerprint density at radius 3 is 2.42 bits per heavy atom. The fourth-order valence-corrected chi connectivity index (χ4v) is 1.45. The van der Waals surface area contributed by atoms with E-state index < -0.39 is 0 Å². The molecule has 12 heavy (non-hydrogen) atoms. The van der Waals surface area contributed by atoms with Crippen LogP contribution in [0.4, 0.5) is 0 Å². The maximum Gasteiger partial charge on any atom is 0.0993 e. The zero-order valence-corrected chi connectivity index (χ0v) is 8.55. The molecule has 0 spiro atoms. The van der Waals surface area contributed by atoms with E-state index >= 15 is 0 Å². The summed E-state index contributed by atoms with van der Waals surface area (Å²) in [4.78, 5) is 2.40. The molecule has 1 aliphatic heterocycles. The lowest BCUT2D eigenvalue weighted by Gasteiger charge is -2.30. The molecule has 1 saturated heterocycles. The van der Waals surface area contributed by atoms with Crippen molar-refractivity contribution >= 4 is 0 Å². The molecule has 0 aromatic carbocycles. The van der Waals surface area contributed by atoms with Crippen LogP contribution in [0.1, 0.15) is 33.6 Å². The summed E-state index contributed by atoms with van der Waals surface area (Å²) in [5, 5.41) is 0. The van der Waals surface area contributed by atoms with Crippen LogP contribution in [-0.2, 0) is 4.74 Å². The highest BCUT2D eigenvalue weighted by molar-refractivity contribution is 4.66. The lowest BCUT2D eigenvalue weighted by molar-refractivity contribution is -0.0186. The Balaban J connectivity index is 2.09. The number of piperidine rings is 1. The van der Waals surface area contributed by atoms with Gasteiger partial charge in [-0.15, -0.1) is 0 Å². The first-order valence-corrected chi connectivity index (χ1v) is 5.02. The quantitative estimate of drug-likeness (QED) is 0.645. The minimum Gasteiger partial charge on any atom is -0.363 e. The average Bonchev–Trinajstić information content (AvgIpc) is 2.03. The van der Waals surface area contributed by atoms with Crippen molar-refractivity contribution < 1.29 is 4.74 Å². The molecule has 0 radical (unpaired) electrons. The first-order valence-electron chi connectivity index (χ1n) is 5.02. The summed E-state index contributed by atoms with van der Waals surface area (Å²) in [7, 11) is 0. The largest absolute Gasteiger partial charge is 0.363 e. The highest BCUT2D eigenvalue weighted by Gasteiger charge is 2.15. The Bertz CT molecular complexity index is 117. The van der Waals surface area contributed by atoms with Crippen LogP contribution in [0.5, 0.6) is 0 Å². The van der Waals surface area contributed by atoms with Crippen LogP contribution in [0.2, 0.25) is 0 Å². The number of rotatable bonds is 3. The monoisotopic (exact) mass is 171 g/mol. The van der Waals surface area contributed by atoms with Gasteiger partial charge in [-0.1, -0.05) is 6.92 Å². The van der Waals surface area contributed by atoms with Crippen molar-refractivity contribution in [1.82, 2.24) is 4.90 Å². The first-order chi connectivity index (χ1) is 5.68. The van der Waals surface area contributed by atoms with E-state index in [1.807, 2.05) is 0 Å². The highest BCUT2D eigenvalue weighted by atomic mass is 16.5. The van der Waals surface area contributed by atoms with Crippen LogP contribution in [0, 0.1) is 5.92 Å². The second-order valence-electron chi connectivity index (χ2n) is 4.15. The number of hydrogen-bond donors (Lipinski definition) is 0. The summed E-state index contributed by atoms with van der Waals surface area (Å²) in [6, 6.07) is 0. The van der Waals surface area contributed by atoms with Crippen molar-refractivity contribution in [1.29, 1.82) is 0 Å². The smallest absolute Gasteiger partial charge is 0.0993 e. The topological polar surface area (TPSA) is 12.5 Å².